The van der Waals surface area contributed by atoms with Crippen LogP contribution in [0.25, 0.3) is 0 Å². The first-order valence-electron chi connectivity index (χ1n) is 10.0. The van der Waals surface area contributed by atoms with Crippen molar-refractivity contribution in [1.29, 1.82) is 0 Å². The minimum absolute atomic E-state index is 0.00260. The number of rotatable bonds is 2. The maximum atomic E-state index is 13.0. The first-order valence-corrected chi connectivity index (χ1v) is 10.0. The highest BCUT2D eigenvalue weighted by Gasteiger charge is 2.28. The minimum Gasteiger partial charge on any atom is -0.380 e. The molecule has 0 aliphatic carbocycles. The van der Waals surface area contributed by atoms with Crippen LogP contribution in [0.2, 0.25) is 0 Å². The van der Waals surface area contributed by atoms with Gasteiger partial charge in [-0.3, -0.25) is 14.5 Å². The van der Waals surface area contributed by atoms with Crippen molar-refractivity contribution in [1.82, 2.24) is 15.1 Å². The summed E-state index contributed by atoms with van der Waals surface area (Å²) in [4.78, 5) is 29.4. The van der Waals surface area contributed by atoms with Crippen LogP contribution in [-0.2, 0) is 4.79 Å². The average molecular weight is 371 g/mol. The van der Waals surface area contributed by atoms with E-state index in [4.69, 9.17) is 0 Å². The van der Waals surface area contributed by atoms with Crippen molar-refractivity contribution in [3.05, 3.63) is 23.8 Å². The lowest BCUT2D eigenvalue weighted by molar-refractivity contribution is -0.116. The number of carbonyl (C=O) groups excluding carboxylic acids is 2. The van der Waals surface area contributed by atoms with Crippen LogP contribution in [0.4, 0.5) is 11.4 Å². The number of likely N-dealkylation sites (tertiary alicyclic amines) is 1. The van der Waals surface area contributed by atoms with Crippen molar-refractivity contribution >= 4 is 23.2 Å². The summed E-state index contributed by atoms with van der Waals surface area (Å²) < 4.78 is 0. The van der Waals surface area contributed by atoms with Gasteiger partial charge < -0.3 is 20.9 Å². The summed E-state index contributed by atoms with van der Waals surface area (Å²) in [5, 5.41) is 9.64. The van der Waals surface area contributed by atoms with Gasteiger partial charge >= 0.3 is 0 Å². The van der Waals surface area contributed by atoms with E-state index in [0.29, 0.717) is 18.0 Å². The number of hydrogen-bond donors (Lipinski definition) is 3. The number of carbonyl (C=O) groups is 2. The van der Waals surface area contributed by atoms with Gasteiger partial charge in [0.2, 0.25) is 5.91 Å². The summed E-state index contributed by atoms with van der Waals surface area (Å²) in [5.41, 5.74) is 2.26. The number of piperidine rings is 1. The van der Waals surface area contributed by atoms with Crippen LogP contribution in [0.3, 0.4) is 0 Å². The first-order chi connectivity index (χ1) is 13.1. The summed E-state index contributed by atoms with van der Waals surface area (Å²) >= 11 is 0. The Balaban J connectivity index is 1.41. The molecule has 4 rings (SSSR count). The lowest BCUT2D eigenvalue weighted by Crippen LogP contribution is -2.52. The number of piperazine rings is 1. The highest BCUT2D eigenvalue weighted by atomic mass is 16.2. The molecular weight excluding hydrogens is 342 g/mol. The van der Waals surface area contributed by atoms with E-state index >= 15 is 0 Å². The normalized spacial score (nSPS) is 24.6. The van der Waals surface area contributed by atoms with Gasteiger partial charge in [0.05, 0.1) is 11.4 Å². The number of nitrogens with zero attached hydrogens (tertiary/aromatic N) is 2. The molecule has 0 aromatic heterocycles. The van der Waals surface area contributed by atoms with Gasteiger partial charge in [0.1, 0.15) is 0 Å². The number of benzene rings is 1. The Morgan fingerprint density at radius 1 is 1.07 bits per heavy atom. The van der Waals surface area contributed by atoms with Gasteiger partial charge in [0.25, 0.3) is 5.91 Å². The third kappa shape index (κ3) is 4.09. The second kappa shape index (κ2) is 7.86. The van der Waals surface area contributed by atoms with Crippen molar-refractivity contribution < 1.29 is 9.59 Å². The Hall–Kier alpha value is -2.12. The van der Waals surface area contributed by atoms with Crippen LogP contribution in [-0.4, -0.2) is 73.0 Å². The van der Waals surface area contributed by atoms with Crippen LogP contribution in [0.5, 0.6) is 0 Å². The van der Waals surface area contributed by atoms with Crippen molar-refractivity contribution in [3.8, 4) is 0 Å². The monoisotopic (exact) mass is 371 g/mol. The van der Waals surface area contributed by atoms with Crippen molar-refractivity contribution in [2.75, 3.05) is 49.9 Å². The van der Waals surface area contributed by atoms with Crippen molar-refractivity contribution in [2.45, 2.75) is 38.3 Å². The molecule has 146 valence electrons. The van der Waals surface area contributed by atoms with Gasteiger partial charge in [-0.2, -0.15) is 0 Å². The topological polar surface area (TPSA) is 76.7 Å². The van der Waals surface area contributed by atoms with Crippen LogP contribution in [0, 0.1) is 0 Å². The molecular formula is C20H29N5O2. The third-order valence-corrected chi connectivity index (χ3v) is 5.85. The summed E-state index contributed by atoms with van der Waals surface area (Å²) in [7, 11) is 0. The molecule has 7 heteroatoms. The SMILES string of the molecule is CC1CC(=O)Nc2ccc(C(=O)N3CCC(N4CCNCC4)CC3)cc2N1. The Morgan fingerprint density at radius 3 is 2.56 bits per heavy atom. The largest absolute Gasteiger partial charge is 0.380 e. The molecule has 2 saturated heterocycles. The van der Waals surface area contributed by atoms with Gasteiger partial charge in [0.15, 0.2) is 0 Å². The Bertz CT molecular complexity index is 708. The van der Waals surface area contributed by atoms with E-state index < -0.39 is 0 Å². The van der Waals surface area contributed by atoms with Crippen LogP contribution in [0.1, 0.15) is 36.5 Å². The molecule has 1 aromatic rings. The lowest BCUT2D eigenvalue weighted by Gasteiger charge is -2.40. The van der Waals surface area contributed by atoms with Crippen LogP contribution in [0.15, 0.2) is 18.2 Å². The fourth-order valence-corrected chi connectivity index (χ4v) is 4.37. The van der Waals surface area contributed by atoms with Gasteiger partial charge in [-0.25, -0.2) is 0 Å². The zero-order valence-corrected chi connectivity index (χ0v) is 16.0. The molecule has 3 N–H and O–H groups in total. The Morgan fingerprint density at radius 2 is 1.81 bits per heavy atom. The zero-order valence-electron chi connectivity index (χ0n) is 16.0. The first kappa shape index (κ1) is 18.3. The molecule has 0 spiro atoms. The van der Waals surface area contributed by atoms with Crippen LogP contribution >= 0.6 is 0 Å². The highest BCUT2D eigenvalue weighted by Crippen LogP contribution is 2.28. The molecule has 3 heterocycles. The maximum Gasteiger partial charge on any atom is 0.253 e. The van der Waals surface area contributed by atoms with E-state index in [1.807, 2.05) is 30.0 Å². The molecule has 1 atom stereocenters. The quantitative estimate of drug-likeness (QED) is 0.731. The second-order valence-electron chi connectivity index (χ2n) is 7.87. The summed E-state index contributed by atoms with van der Waals surface area (Å²) in [6, 6.07) is 6.18. The average Bonchev–Trinajstić information content (AvgIpc) is 2.83. The molecule has 2 amide bonds. The molecule has 3 aliphatic heterocycles. The van der Waals surface area contributed by atoms with Gasteiger partial charge in [-0.15, -0.1) is 0 Å². The van der Waals surface area contributed by atoms with E-state index in [2.05, 4.69) is 20.9 Å². The summed E-state index contributed by atoms with van der Waals surface area (Å²) in [6.45, 7) is 7.95. The van der Waals surface area contributed by atoms with E-state index in [0.717, 1.165) is 63.5 Å². The summed E-state index contributed by atoms with van der Waals surface area (Å²) in [6.07, 6.45) is 2.52. The number of hydrogen-bond acceptors (Lipinski definition) is 5. The lowest BCUT2D eigenvalue weighted by atomic mass is 10.0. The van der Waals surface area contributed by atoms with Gasteiger partial charge in [-0.1, -0.05) is 0 Å². The minimum atomic E-state index is 0.00260. The second-order valence-corrected chi connectivity index (χ2v) is 7.87. The fourth-order valence-electron chi connectivity index (χ4n) is 4.37. The van der Waals surface area contributed by atoms with Crippen molar-refractivity contribution in [2.24, 2.45) is 0 Å². The van der Waals surface area contributed by atoms with E-state index in [9.17, 15) is 9.59 Å². The van der Waals surface area contributed by atoms with Crippen LogP contribution < -0.4 is 16.0 Å². The molecule has 27 heavy (non-hydrogen) atoms. The molecule has 0 radical (unpaired) electrons. The number of fused-ring (bicyclic) bond motifs is 1. The highest BCUT2D eigenvalue weighted by molar-refractivity contribution is 6.00. The van der Waals surface area contributed by atoms with E-state index in [-0.39, 0.29) is 17.9 Å². The zero-order chi connectivity index (χ0) is 18.8. The third-order valence-electron chi connectivity index (χ3n) is 5.85. The predicted molar refractivity (Wildman–Crippen MR) is 106 cm³/mol. The molecule has 2 fully saturated rings. The molecule has 0 saturated carbocycles. The number of nitrogens with one attached hydrogen (secondary N) is 3. The van der Waals surface area contributed by atoms with Crippen molar-refractivity contribution in [3.63, 3.8) is 0 Å². The number of amides is 2. The number of anilines is 2. The Kier molecular flexibility index (Phi) is 5.31. The summed E-state index contributed by atoms with van der Waals surface area (Å²) in [5.74, 6) is 0.0874. The van der Waals surface area contributed by atoms with E-state index in [1.165, 1.54) is 0 Å². The predicted octanol–water partition coefficient (Wildman–Crippen LogP) is 1.34. The molecule has 1 aromatic carbocycles. The smallest absolute Gasteiger partial charge is 0.253 e. The molecule has 1 unspecified atom stereocenters. The standard InChI is InChI=1S/C20H29N5O2/c1-14-12-19(26)23-17-3-2-15(13-18(17)22-14)20(27)25-8-4-16(5-9-25)24-10-6-21-7-11-24/h2-3,13-14,16,21-22H,4-12H2,1H3,(H,23,26). The van der Waals surface area contributed by atoms with Gasteiger partial charge in [0, 0.05) is 63.3 Å². The molecule has 7 nitrogen and oxygen atoms in total. The molecule has 3 aliphatic rings. The Labute approximate surface area is 160 Å². The van der Waals surface area contributed by atoms with E-state index in [1.54, 1.807) is 0 Å². The fraction of sp³-hybridized carbons (Fsp3) is 0.600. The molecule has 0 bridgehead atoms. The van der Waals surface area contributed by atoms with Gasteiger partial charge in [-0.05, 0) is 38.0 Å². The maximum absolute atomic E-state index is 13.0.